The summed E-state index contributed by atoms with van der Waals surface area (Å²) in [6.07, 6.45) is 0. The Labute approximate surface area is 124 Å². The third kappa shape index (κ3) is 2.32. The van der Waals surface area contributed by atoms with E-state index in [0.717, 1.165) is 23.4 Å². The number of benzene rings is 2. The fourth-order valence-electron chi connectivity index (χ4n) is 2.49. The van der Waals surface area contributed by atoms with E-state index >= 15 is 0 Å². The van der Waals surface area contributed by atoms with Crippen molar-refractivity contribution in [2.45, 2.75) is 26.3 Å². The van der Waals surface area contributed by atoms with Crippen molar-refractivity contribution in [3.63, 3.8) is 0 Å². The van der Waals surface area contributed by atoms with Gasteiger partial charge in [-0.25, -0.2) is 4.98 Å². The summed E-state index contributed by atoms with van der Waals surface area (Å²) < 4.78 is 2.21. The first-order valence-electron chi connectivity index (χ1n) is 6.75. The summed E-state index contributed by atoms with van der Waals surface area (Å²) in [6.45, 7) is 5.00. The lowest BCUT2D eigenvalue weighted by Gasteiger charge is -2.08. The van der Waals surface area contributed by atoms with E-state index in [4.69, 9.17) is 11.6 Å². The quantitative estimate of drug-likeness (QED) is 0.650. The van der Waals surface area contributed by atoms with Crippen LogP contribution in [-0.2, 0) is 12.4 Å². The number of imidazole rings is 1. The number of aryl methyl sites for hydroxylation is 2. The monoisotopic (exact) mass is 284 g/mol. The third-order valence-electron chi connectivity index (χ3n) is 3.64. The molecule has 0 fully saturated rings. The molecule has 0 atom stereocenters. The molecule has 102 valence electrons. The van der Waals surface area contributed by atoms with E-state index in [1.807, 2.05) is 0 Å². The summed E-state index contributed by atoms with van der Waals surface area (Å²) in [5.74, 6) is 1.36. The van der Waals surface area contributed by atoms with E-state index in [9.17, 15) is 0 Å². The number of nitrogens with zero attached hydrogens (tertiary/aromatic N) is 2. The second-order valence-corrected chi connectivity index (χ2v) is 5.44. The van der Waals surface area contributed by atoms with Gasteiger partial charge < -0.3 is 4.57 Å². The van der Waals surface area contributed by atoms with Crippen LogP contribution in [0.15, 0.2) is 42.5 Å². The van der Waals surface area contributed by atoms with Gasteiger partial charge in [0.1, 0.15) is 5.82 Å². The van der Waals surface area contributed by atoms with Gasteiger partial charge in [-0.05, 0) is 31.0 Å². The number of fused-ring (bicyclic) bond motifs is 1. The summed E-state index contributed by atoms with van der Waals surface area (Å²) in [7, 11) is 0. The Kier molecular flexibility index (Phi) is 3.49. The number of hydrogen-bond donors (Lipinski definition) is 0. The van der Waals surface area contributed by atoms with Gasteiger partial charge in [0, 0.05) is 6.54 Å². The summed E-state index contributed by atoms with van der Waals surface area (Å²) in [4.78, 5) is 4.68. The first-order valence-corrected chi connectivity index (χ1v) is 7.28. The van der Waals surface area contributed by atoms with Gasteiger partial charge >= 0.3 is 0 Å². The van der Waals surface area contributed by atoms with Crippen LogP contribution in [0.2, 0.25) is 0 Å². The fourth-order valence-corrected chi connectivity index (χ4v) is 2.69. The number of para-hydroxylation sites is 1. The molecular formula is C17H17ClN2. The predicted octanol–water partition coefficient (Wildman–Crippen LogP) is 4.44. The first kappa shape index (κ1) is 13.2. The molecule has 1 aromatic heterocycles. The molecule has 0 aliphatic carbocycles. The van der Waals surface area contributed by atoms with Gasteiger partial charge in [-0.1, -0.05) is 42.0 Å². The number of hydrogen-bond acceptors (Lipinski definition) is 1. The zero-order valence-electron chi connectivity index (χ0n) is 11.7. The average molecular weight is 285 g/mol. The van der Waals surface area contributed by atoms with Crippen molar-refractivity contribution in [3.8, 4) is 0 Å². The maximum absolute atomic E-state index is 6.06. The topological polar surface area (TPSA) is 17.8 Å². The summed E-state index contributed by atoms with van der Waals surface area (Å²) >= 11 is 6.06. The molecule has 0 aliphatic rings. The minimum absolute atomic E-state index is 0.431. The van der Waals surface area contributed by atoms with E-state index in [0.29, 0.717) is 5.88 Å². The van der Waals surface area contributed by atoms with Crippen LogP contribution in [0.3, 0.4) is 0 Å². The average Bonchev–Trinajstić information content (AvgIpc) is 2.81. The van der Waals surface area contributed by atoms with E-state index in [1.54, 1.807) is 0 Å². The SMILES string of the molecule is Cc1ccc(Cn2c(CCl)nc3c(C)cccc32)cc1. The minimum atomic E-state index is 0.431. The van der Waals surface area contributed by atoms with Gasteiger partial charge in [0.05, 0.1) is 16.9 Å². The number of rotatable bonds is 3. The Balaban J connectivity index is 2.10. The molecule has 0 spiro atoms. The molecule has 0 amide bonds. The molecule has 2 aromatic carbocycles. The standard InChI is InChI=1S/C17H17ClN2/c1-12-6-8-14(9-7-12)11-20-15-5-3-4-13(2)17(15)19-16(20)10-18/h3-9H,10-11H2,1-2H3. The Morgan fingerprint density at radius 1 is 1.05 bits per heavy atom. The first-order chi connectivity index (χ1) is 9.69. The Morgan fingerprint density at radius 3 is 2.50 bits per heavy atom. The highest BCUT2D eigenvalue weighted by atomic mass is 35.5. The van der Waals surface area contributed by atoms with Crippen LogP contribution in [0.1, 0.15) is 22.5 Å². The molecule has 0 unspecified atom stereocenters. The Hall–Kier alpha value is -1.80. The van der Waals surface area contributed by atoms with Crippen LogP contribution in [0.5, 0.6) is 0 Å². The van der Waals surface area contributed by atoms with Crippen LogP contribution in [0, 0.1) is 13.8 Å². The molecule has 2 nitrogen and oxygen atoms in total. The van der Waals surface area contributed by atoms with Crippen molar-refractivity contribution in [2.75, 3.05) is 0 Å². The van der Waals surface area contributed by atoms with Crippen LogP contribution < -0.4 is 0 Å². The van der Waals surface area contributed by atoms with Crippen molar-refractivity contribution < 1.29 is 0 Å². The molecule has 3 heteroatoms. The zero-order valence-corrected chi connectivity index (χ0v) is 12.5. The van der Waals surface area contributed by atoms with E-state index in [2.05, 4.69) is 65.9 Å². The van der Waals surface area contributed by atoms with Gasteiger partial charge in [-0.15, -0.1) is 11.6 Å². The summed E-state index contributed by atoms with van der Waals surface area (Å²) in [6, 6.07) is 14.9. The molecule has 0 bridgehead atoms. The number of aromatic nitrogens is 2. The van der Waals surface area contributed by atoms with Gasteiger partial charge in [0.15, 0.2) is 0 Å². The molecule has 0 radical (unpaired) electrons. The minimum Gasteiger partial charge on any atom is -0.322 e. The van der Waals surface area contributed by atoms with E-state index < -0.39 is 0 Å². The molecule has 0 N–H and O–H groups in total. The molecule has 0 saturated heterocycles. The van der Waals surface area contributed by atoms with Crippen LogP contribution in [-0.4, -0.2) is 9.55 Å². The third-order valence-corrected chi connectivity index (χ3v) is 3.88. The highest BCUT2D eigenvalue weighted by Crippen LogP contribution is 2.22. The lowest BCUT2D eigenvalue weighted by atomic mass is 10.1. The van der Waals surface area contributed by atoms with Gasteiger partial charge in [0.2, 0.25) is 0 Å². The molecular weight excluding hydrogens is 268 g/mol. The van der Waals surface area contributed by atoms with Gasteiger partial charge in [0.25, 0.3) is 0 Å². The molecule has 1 heterocycles. The van der Waals surface area contributed by atoms with Crippen molar-refractivity contribution in [1.29, 1.82) is 0 Å². The van der Waals surface area contributed by atoms with E-state index in [1.165, 1.54) is 16.7 Å². The molecule has 0 saturated carbocycles. The zero-order chi connectivity index (χ0) is 14.1. The predicted molar refractivity (Wildman–Crippen MR) is 84.3 cm³/mol. The van der Waals surface area contributed by atoms with Crippen LogP contribution in [0.4, 0.5) is 0 Å². The normalized spacial score (nSPS) is 11.2. The molecule has 0 aliphatic heterocycles. The van der Waals surface area contributed by atoms with Crippen molar-refractivity contribution in [2.24, 2.45) is 0 Å². The summed E-state index contributed by atoms with van der Waals surface area (Å²) in [5, 5.41) is 0. The fraction of sp³-hybridized carbons (Fsp3) is 0.235. The van der Waals surface area contributed by atoms with Crippen LogP contribution >= 0.6 is 11.6 Å². The second-order valence-electron chi connectivity index (χ2n) is 5.18. The summed E-state index contributed by atoms with van der Waals surface area (Å²) in [5.41, 5.74) is 5.94. The van der Waals surface area contributed by atoms with Crippen molar-refractivity contribution >= 4 is 22.6 Å². The van der Waals surface area contributed by atoms with E-state index in [-0.39, 0.29) is 0 Å². The molecule has 3 aromatic rings. The molecule has 20 heavy (non-hydrogen) atoms. The van der Waals surface area contributed by atoms with Crippen LogP contribution in [0.25, 0.3) is 11.0 Å². The number of alkyl halides is 1. The Morgan fingerprint density at radius 2 is 1.80 bits per heavy atom. The van der Waals surface area contributed by atoms with Gasteiger partial charge in [-0.2, -0.15) is 0 Å². The maximum atomic E-state index is 6.06. The molecule has 3 rings (SSSR count). The highest BCUT2D eigenvalue weighted by molar-refractivity contribution is 6.16. The lowest BCUT2D eigenvalue weighted by Crippen LogP contribution is -2.03. The smallest absolute Gasteiger partial charge is 0.125 e. The number of halogens is 1. The maximum Gasteiger partial charge on any atom is 0.125 e. The lowest BCUT2D eigenvalue weighted by molar-refractivity contribution is 0.778. The Bertz CT molecular complexity index is 742. The highest BCUT2D eigenvalue weighted by Gasteiger charge is 2.11. The van der Waals surface area contributed by atoms with Crippen molar-refractivity contribution in [1.82, 2.24) is 9.55 Å². The second kappa shape index (κ2) is 5.29. The van der Waals surface area contributed by atoms with Crippen molar-refractivity contribution in [3.05, 3.63) is 65.0 Å². The van der Waals surface area contributed by atoms with Gasteiger partial charge in [-0.3, -0.25) is 0 Å². The largest absolute Gasteiger partial charge is 0.322 e.